The highest BCUT2D eigenvalue weighted by atomic mass is 16.6. The van der Waals surface area contributed by atoms with Gasteiger partial charge in [-0.25, -0.2) is 9.78 Å². The third-order valence-corrected chi connectivity index (χ3v) is 7.63. The molecule has 2 aliphatic carbocycles. The monoisotopic (exact) mass is 525 g/mol. The van der Waals surface area contributed by atoms with E-state index in [1.807, 2.05) is 32.9 Å². The lowest BCUT2D eigenvalue weighted by Gasteiger charge is -2.31. The van der Waals surface area contributed by atoms with Crippen molar-refractivity contribution in [1.29, 1.82) is 0 Å². The molecule has 2 saturated carbocycles. The minimum absolute atomic E-state index is 0.0863. The number of nitrogens with one attached hydrogen (secondary N) is 3. The van der Waals surface area contributed by atoms with E-state index in [0.29, 0.717) is 5.56 Å². The van der Waals surface area contributed by atoms with E-state index in [0.717, 1.165) is 77.3 Å². The third kappa shape index (κ3) is 5.60. The molecule has 39 heavy (non-hydrogen) atoms. The molecule has 6 rings (SSSR count). The Morgan fingerprint density at radius 1 is 0.897 bits per heavy atom. The second-order valence-electron chi connectivity index (χ2n) is 11.9. The third-order valence-electron chi connectivity index (χ3n) is 7.63. The number of carbonyl (C=O) groups excluding carboxylic acids is 2. The Morgan fingerprint density at radius 3 is 2.36 bits per heavy atom. The van der Waals surface area contributed by atoms with Crippen molar-refractivity contribution in [3.8, 4) is 11.1 Å². The van der Waals surface area contributed by atoms with Gasteiger partial charge in [-0.3, -0.25) is 9.78 Å². The number of benzene rings is 2. The predicted octanol–water partition coefficient (Wildman–Crippen LogP) is 6.62. The van der Waals surface area contributed by atoms with Gasteiger partial charge in [-0.2, -0.15) is 0 Å². The Morgan fingerprint density at radius 2 is 1.62 bits per heavy atom. The first kappa shape index (κ1) is 25.3. The largest absolute Gasteiger partial charge is 0.444 e. The van der Waals surface area contributed by atoms with Crippen LogP contribution in [0.5, 0.6) is 0 Å². The molecule has 0 unspecified atom stereocenters. The van der Waals surface area contributed by atoms with Crippen LogP contribution in [0.3, 0.4) is 0 Å². The van der Waals surface area contributed by atoms with E-state index in [2.05, 4.69) is 49.9 Å². The molecule has 0 saturated heterocycles. The predicted molar refractivity (Wildman–Crippen MR) is 153 cm³/mol. The Labute approximate surface area is 227 Å². The molecule has 3 N–H and O–H groups in total. The number of hydrogen-bond donors (Lipinski definition) is 3. The molecule has 8 nitrogen and oxygen atoms in total. The highest BCUT2D eigenvalue weighted by Gasteiger charge is 2.33. The molecule has 2 aliphatic rings. The minimum atomic E-state index is -0.515. The van der Waals surface area contributed by atoms with E-state index in [1.54, 1.807) is 12.5 Å². The summed E-state index contributed by atoms with van der Waals surface area (Å²) in [4.78, 5) is 37.8. The lowest BCUT2D eigenvalue weighted by Crippen LogP contribution is -2.42. The van der Waals surface area contributed by atoms with E-state index in [9.17, 15) is 9.59 Å². The van der Waals surface area contributed by atoms with Crippen LogP contribution in [0.15, 0.2) is 48.9 Å². The number of amides is 1. The Kier molecular flexibility index (Phi) is 6.49. The summed E-state index contributed by atoms with van der Waals surface area (Å²) in [6.45, 7) is 5.61. The van der Waals surface area contributed by atoms with Gasteiger partial charge in [0.25, 0.3) is 0 Å². The average molecular weight is 526 g/mol. The quantitative estimate of drug-likeness (QED) is 0.244. The summed E-state index contributed by atoms with van der Waals surface area (Å²) in [5, 5.41) is 7.72. The van der Waals surface area contributed by atoms with Crippen LogP contribution in [0.25, 0.3) is 33.1 Å². The first-order valence-electron chi connectivity index (χ1n) is 13.9. The van der Waals surface area contributed by atoms with Crippen LogP contribution >= 0.6 is 0 Å². The molecule has 4 aromatic rings. The van der Waals surface area contributed by atoms with Crippen LogP contribution in [0.4, 0.5) is 10.5 Å². The number of ether oxygens (including phenoxy) is 1. The van der Waals surface area contributed by atoms with Gasteiger partial charge in [0.2, 0.25) is 0 Å². The Bertz CT molecular complexity index is 1540. The number of carbonyl (C=O) groups is 2. The molecule has 0 aliphatic heterocycles. The molecule has 0 spiro atoms. The van der Waals surface area contributed by atoms with Gasteiger partial charge < -0.3 is 20.4 Å². The van der Waals surface area contributed by atoms with Gasteiger partial charge in [-0.15, -0.1) is 0 Å². The highest BCUT2D eigenvalue weighted by molar-refractivity contribution is 6.10. The molecule has 202 valence electrons. The zero-order valence-electron chi connectivity index (χ0n) is 22.7. The number of imidazole rings is 1. The number of alkyl carbamates (subject to hydrolysis) is 1. The Balaban J connectivity index is 1.27. The van der Waals surface area contributed by atoms with Gasteiger partial charge in [0, 0.05) is 29.6 Å². The fourth-order valence-electron chi connectivity index (χ4n) is 5.45. The molecule has 0 atom stereocenters. The lowest BCUT2D eigenvalue weighted by atomic mass is 9.90. The van der Waals surface area contributed by atoms with Gasteiger partial charge in [-0.05, 0) is 94.7 Å². The number of H-pyrrole nitrogens is 1. The number of nitrogens with zero attached hydrogens (tertiary/aromatic N) is 2. The van der Waals surface area contributed by atoms with Crippen LogP contribution in [0, 0.1) is 5.92 Å². The second-order valence-corrected chi connectivity index (χ2v) is 11.9. The van der Waals surface area contributed by atoms with E-state index >= 15 is 0 Å². The van der Waals surface area contributed by atoms with Crippen molar-refractivity contribution in [3.05, 3.63) is 54.5 Å². The molecule has 2 aromatic heterocycles. The number of aromatic nitrogens is 3. The number of rotatable bonds is 6. The van der Waals surface area contributed by atoms with Crippen LogP contribution in [0.1, 0.15) is 69.7 Å². The van der Waals surface area contributed by atoms with Crippen molar-refractivity contribution < 1.29 is 14.3 Å². The van der Waals surface area contributed by atoms with Crippen molar-refractivity contribution in [2.75, 3.05) is 5.32 Å². The molecule has 0 bridgehead atoms. The molecule has 8 heteroatoms. The van der Waals surface area contributed by atoms with Crippen molar-refractivity contribution in [2.45, 2.75) is 77.0 Å². The number of fused-ring (bicyclic) bond motifs is 2. The number of Topliss-reactive ketones (excluding diaryl/α,β-unsaturated/α-hetero) is 1. The fraction of sp³-hybridized carbons (Fsp3) is 0.419. The maximum Gasteiger partial charge on any atom is 0.407 e. The topological polar surface area (TPSA) is 109 Å². The molecular formula is C31H35N5O3. The number of ketones is 1. The van der Waals surface area contributed by atoms with E-state index < -0.39 is 5.60 Å². The maximum absolute atomic E-state index is 13.3. The summed E-state index contributed by atoms with van der Waals surface area (Å²) in [6, 6.07) is 12.7. The van der Waals surface area contributed by atoms with Gasteiger partial charge in [-0.1, -0.05) is 12.1 Å². The van der Waals surface area contributed by atoms with Gasteiger partial charge in [0.05, 0.1) is 34.1 Å². The van der Waals surface area contributed by atoms with Crippen LogP contribution in [0.2, 0.25) is 0 Å². The zero-order chi connectivity index (χ0) is 27.1. The van der Waals surface area contributed by atoms with Crippen LogP contribution < -0.4 is 10.6 Å². The summed E-state index contributed by atoms with van der Waals surface area (Å²) in [7, 11) is 0. The van der Waals surface area contributed by atoms with Crippen molar-refractivity contribution in [3.63, 3.8) is 0 Å². The molecule has 2 heterocycles. The summed E-state index contributed by atoms with van der Waals surface area (Å²) in [5.41, 5.74) is 5.93. The molecular weight excluding hydrogens is 490 g/mol. The Hall–Kier alpha value is -3.94. The molecule has 2 fully saturated rings. The second kappa shape index (κ2) is 9.98. The summed E-state index contributed by atoms with van der Waals surface area (Å²) < 4.78 is 5.43. The molecule has 2 aromatic carbocycles. The van der Waals surface area contributed by atoms with E-state index in [1.165, 1.54) is 0 Å². The number of hydrogen-bond acceptors (Lipinski definition) is 6. The maximum atomic E-state index is 13.3. The SMILES string of the molecule is CC(C)(C)OC(=O)N[C@H]1CC[C@H](Nc2c(C(=O)C3CC3)cnc3ccc(-c4ccc5[nH]cnc5c4)cc23)CC1. The zero-order valence-corrected chi connectivity index (χ0v) is 22.7. The highest BCUT2D eigenvalue weighted by Crippen LogP contribution is 2.38. The van der Waals surface area contributed by atoms with Crippen molar-refractivity contribution in [2.24, 2.45) is 5.92 Å². The number of anilines is 1. The fourth-order valence-corrected chi connectivity index (χ4v) is 5.45. The van der Waals surface area contributed by atoms with E-state index in [-0.39, 0.29) is 29.9 Å². The molecule has 1 amide bonds. The van der Waals surface area contributed by atoms with Gasteiger partial charge in [0.1, 0.15) is 5.60 Å². The first-order valence-corrected chi connectivity index (χ1v) is 13.9. The number of pyridine rings is 1. The van der Waals surface area contributed by atoms with Gasteiger partial charge >= 0.3 is 6.09 Å². The van der Waals surface area contributed by atoms with Gasteiger partial charge in [0.15, 0.2) is 5.78 Å². The van der Waals surface area contributed by atoms with Crippen molar-refractivity contribution >= 4 is 39.5 Å². The number of aromatic amines is 1. The summed E-state index contributed by atoms with van der Waals surface area (Å²) >= 11 is 0. The lowest BCUT2D eigenvalue weighted by molar-refractivity contribution is 0.0492. The average Bonchev–Trinajstić information content (AvgIpc) is 3.65. The molecule has 0 radical (unpaired) electrons. The summed E-state index contributed by atoms with van der Waals surface area (Å²) in [6.07, 6.45) is 8.44. The van der Waals surface area contributed by atoms with E-state index in [4.69, 9.17) is 4.74 Å². The van der Waals surface area contributed by atoms with Crippen LogP contribution in [-0.2, 0) is 4.74 Å². The normalized spacial score (nSPS) is 19.7. The minimum Gasteiger partial charge on any atom is -0.444 e. The van der Waals surface area contributed by atoms with Crippen LogP contribution in [-0.4, -0.2) is 44.5 Å². The smallest absolute Gasteiger partial charge is 0.407 e. The first-order chi connectivity index (χ1) is 18.7. The standard InChI is InChI=1S/C31H35N5O3/c1-31(2,3)39-30(38)36-22-10-8-21(9-11-22)35-28-23-14-19(20-7-13-26-27(15-20)34-17-33-26)6-12-25(23)32-16-24(28)29(37)18-4-5-18/h6-7,12-18,21-22H,4-5,8-11H2,1-3H3,(H,32,35)(H,33,34)(H,36,38)/t21-,22-. The van der Waals surface area contributed by atoms with Crippen molar-refractivity contribution in [1.82, 2.24) is 20.3 Å². The summed E-state index contributed by atoms with van der Waals surface area (Å²) in [5.74, 6) is 0.277.